The second-order valence-corrected chi connectivity index (χ2v) is 6.63. The van der Waals surface area contributed by atoms with Crippen LogP contribution in [0.3, 0.4) is 0 Å². The molecule has 23 heavy (non-hydrogen) atoms. The second kappa shape index (κ2) is 6.32. The Balaban J connectivity index is 1.44. The molecule has 4 rings (SSSR count). The van der Waals surface area contributed by atoms with Gasteiger partial charge in [-0.15, -0.1) is 0 Å². The third-order valence-electron chi connectivity index (χ3n) is 4.29. The van der Waals surface area contributed by atoms with Crippen molar-refractivity contribution in [2.75, 3.05) is 18.0 Å². The van der Waals surface area contributed by atoms with Crippen molar-refractivity contribution in [1.29, 1.82) is 0 Å². The first-order valence-electron chi connectivity index (χ1n) is 8.14. The molecule has 1 saturated heterocycles. The van der Waals surface area contributed by atoms with Gasteiger partial charge in [0.05, 0.1) is 11.6 Å². The number of pyridine rings is 1. The monoisotopic (exact) mass is 330 g/mol. The molecule has 1 saturated carbocycles. The third kappa shape index (κ3) is 3.55. The third-order valence-corrected chi connectivity index (χ3v) is 4.52. The van der Waals surface area contributed by atoms with Crippen LogP contribution in [-0.2, 0) is 0 Å². The zero-order valence-electron chi connectivity index (χ0n) is 12.9. The van der Waals surface area contributed by atoms with E-state index in [9.17, 15) is 0 Å². The lowest BCUT2D eigenvalue weighted by molar-refractivity contribution is 0.172. The van der Waals surface area contributed by atoms with E-state index in [1.807, 2.05) is 18.3 Å². The zero-order chi connectivity index (χ0) is 15.6. The fourth-order valence-corrected chi connectivity index (χ4v) is 3.04. The minimum atomic E-state index is 0.122. The molecule has 6 heteroatoms. The fourth-order valence-electron chi connectivity index (χ4n) is 2.92. The molecule has 0 amide bonds. The van der Waals surface area contributed by atoms with Gasteiger partial charge in [0.15, 0.2) is 0 Å². The van der Waals surface area contributed by atoms with E-state index in [-0.39, 0.29) is 6.10 Å². The summed E-state index contributed by atoms with van der Waals surface area (Å²) in [5.74, 6) is 3.21. The molecule has 1 aliphatic carbocycles. The standard InChI is InChI=1S/C17H19ClN4O/c18-13-5-6-16(20-10-13)23-14-2-1-9-22(11-14)15-7-8-19-17(21-15)12-3-4-12/h5-8,10,12,14H,1-4,9,11H2. The fraction of sp³-hybridized carbons (Fsp3) is 0.471. The molecular formula is C17H19ClN4O. The van der Waals surface area contributed by atoms with Gasteiger partial charge in [0.25, 0.3) is 0 Å². The quantitative estimate of drug-likeness (QED) is 0.859. The minimum Gasteiger partial charge on any atom is -0.472 e. The topological polar surface area (TPSA) is 51.1 Å². The number of hydrogen-bond donors (Lipinski definition) is 0. The summed E-state index contributed by atoms with van der Waals surface area (Å²) in [6.45, 7) is 1.83. The predicted molar refractivity (Wildman–Crippen MR) is 89.1 cm³/mol. The van der Waals surface area contributed by atoms with E-state index in [1.165, 1.54) is 12.8 Å². The van der Waals surface area contributed by atoms with Crippen molar-refractivity contribution in [2.24, 2.45) is 0 Å². The smallest absolute Gasteiger partial charge is 0.213 e. The molecule has 0 spiro atoms. The Labute approximate surface area is 140 Å². The molecule has 5 nitrogen and oxygen atoms in total. The molecule has 2 aromatic heterocycles. The van der Waals surface area contributed by atoms with E-state index in [4.69, 9.17) is 21.3 Å². The van der Waals surface area contributed by atoms with Crippen molar-refractivity contribution in [3.05, 3.63) is 41.4 Å². The van der Waals surface area contributed by atoms with Crippen LogP contribution in [0.5, 0.6) is 5.88 Å². The number of hydrogen-bond acceptors (Lipinski definition) is 5. The van der Waals surface area contributed by atoms with E-state index in [0.717, 1.165) is 37.6 Å². The van der Waals surface area contributed by atoms with Gasteiger partial charge in [-0.1, -0.05) is 11.6 Å². The van der Waals surface area contributed by atoms with Crippen LogP contribution in [0.2, 0.25) is 5.02 Å². The van der Waals surface area contributed by atoms with Crippen molar-refractivity contribution in [1.82, 2.24) is 15.0 Å². The van der Waals surface area contributed by atoms with Gasteiger partial charge >= 0.3 is 0 Å². The Morgan fingerprint density at radius 3 is 2.83 bits per heavy atom. The average Bonchev–Trinajstić information content (AvgIpc) is 3.43. The first kappa shape index (κ1) is 14.7. The van der Waals surface area contributed by atoms with E-state index >= 15 is 0 Å². The van der Waals surface area contributed by atoms with Crippen LogP contribution in [0.15, 0.2) is 30.6 Å². The van der Waals surface area contributed by atoms with Gasteiger partial charge in [-0.2, -0.15) is 0 Å². The summed E-state index contributed by atoms with van der Waals surface area (Å²) >= 11 is 5.86. The van der Waals surface area contributed by atoms with Crippen molar-refractivity contribution in [3.63, 3.8) is 0 Å². The SMILES string of the molecule is Clc1ccc(OC2CCCN(c3ccnc(C4CC4)n3)C2)nc1. The Bertz CT molecular complexity index is 675. The van der Waals surface area contributed by atoms with Gasteiger partial charge in [-0.05, 0) is 37.8 Å². The van der Waals surface area contributed by atoms with Crippen LogP contribution in [0.4, 0.5) is 5.82 Å². The molecule has 2 fully saturated rings. The van der Waals surface area contributed by atoms with E-state index in [1.54, 1.807) is 12.3 Å². The van der Waals surface area contributed by atoms with Gasteiger partial charge in [-0.25, -0.2) is 15.0 Å². The first-order chi connectivity index (χ1) is 11.3. The molecule has 0 radical (unpaired) electrons. The van der Waals surface area contributed by atoms with Crippen molar-refractivity contribution >= 4 is 17.4 Å². The summed E-state index contributed by atoms with van der Waals surface area (Å²) in [6.07, 6.45) is 8.17. The van der Waals surface area contributed by atoms with Gasteiger partial charge < -0.3 is 9.64 Å². The number of rotatable bonds is 4. The van der Waals surface area contributed by atoms with Crippen molar-refractivity contribution < 1.29 is 4.74 Å². The number of anilines is 1. The molecule has 1 unspecified atom stereocenters. The summed E-state index contributed by atoms with van der Waals surface area (Å²) < 4.78 is 6.00. The molecule has 2 aliphatic rings. The van der Waals surface area contributed by atoms with Gasteiger partial charge in [0.2, 0.25) is 5.88 Å². The minimum absolute atomic E-state index is 0.122. The first-order valence-corrected chi connectivity index (χ1v) is 8.52. The van der Waals surface area contributed by atoms with Crippen LogP contribution in [0, 0.1) is 0 Å². The molecule has 1 atom stereocenters. The highest BCUT2D eigenvalue weighted by atomic mass is 35.5. The van der Waals surface area contributed by atoms with Crippen molar-refractivity contribution in [2.45, 2.75) is 37.7 Å². The Morgan fingerprint density at radius 1 is 1.13 bits per heavy atom. The van der Waals surface area contributed by atoms with Gasteiger partial charge in [-0.3, -0.25) is 0 Å². The lowest BCUT2D eigenvalue weighted by Gasteiger charge is -2.33. The number of ether oxygens (including phenoxy) is 1. The lowest BCUT2D eigenvalue weighted by Crippen LogP contribution is -2.41. The summed E-state index contributed by atoms with van der Waals surface area (Å²) in [5.41, 5.74) is 0. The van der Waals surface area contributed by atoms with E-state index in [0.29, 0.717) is 16.8 Å². The van der Waals surface area contributed by atoms with Crippen LogP contribution in [-0.4, -0.2) is 34.1 Å². The summed E-state index contributed by atoms with van der Waals surface area (Å²) in [4.78, 5) is 15.6. The molecule has 0 bridgehead atoms. The maximum absolute atomic E-state index is 6.00. The van der Waals surface area contributed by atoms with Gasteiger partial charge in [0, 0.05) is 30.9 Å². The number of nitrogens with zero attached hydrogens (tertiary/aromatic N) is 4. The highest BCUT2D eigenvalue weighted by Gasteiger charge is 2.28. The van der Waals surface area contributed by atoms with Crippen LogP contribution in [0.25, 0.3) is 0 Å². The van der Waals surface area contributed by atoms with Crippen LogP contribution < -0.4 is 9.64 Å². The zero-order valence-corrected chi connectivity index (χ0v) is 13.6. The summed E-state index contributed by atoms with van der Waals surface area (Å²) in [6, 6.07) is 5.61. The Hall–Kier alpha value is -1.88. The lowest BCUT2D eigenvalue weighted by atomic mass is 10.1. The van der Waals surface area contributed by atoms with Crippen LogP contribution in [0.1, 0.15) is 37.4 Å². The van der Waals surface area contributed by atoms with E-state index < -0.39 is 0 Å². The molecule has 1 aliphatic heterocycles. The second-order valence-electron chi connectivity index (χ2n) is 6.19. The number of halogens is 1. The molecule has 120 valence electrons. The summed E-state index contributed by atoms with van der Waals surface area (Å²) in [5, 5.41) is 0.621. The maximum Gasteiger partial charge on any atom is 0.213 e. The average molecular weight is 331 g/mol. The molecular weight excluding hydrogens is 312 g/mol. The molecule has 0 N–H and O–H groups in total. The largest absolute Gasteiger partial charge is 0.472 e. The van der Waals surface area contributed by atoms with Gasteiger partial charge in [0.1, 0.15) is 17.7 Å². The normalized spacial score (nSPS) is 21.3. The molecule has 2 aromatic rings. The maximum atomic E-state index is 6.00. The molecule has 3 heterocycles. The highest BCUT2D eigenvalue weighted by molar-refractivity contribution is 6.30. The predicted octanol–water partition coefficient (Wildman–Crippen LogP) is 3.45. The van der Waals surface area contributed by atoms with Crippen molar-refractivity contribution in [3.8, 4) is 5.88 Å². The number of aromatic nitrogens is 3. The van der Waals surface area contributed by atoms with E-state index in [2.05, 4.69) is 14.9 Å². The molecule has 0 aromatic carbocycles. The Kier molecular flexibility index (Phi) is 4.04. The Morgan fingerprint density at radius 2 is 2.04 bits per heavy atom. The highest BCUT2D eigenvalue weighted by Crippen LogP contribution is 2.38. The summed E-state index contributed by atoms with van der Waals surface area (Å²) in [7, 11) is 0. The van der Waals surface area contributed by atoms with Crippen LogP contribution >= 0.6 is 11.6 Å². The number of piperidine rings is 1.